The molecular formula is C26H26O7. The molecule has 0 amide bonds. The summed E-state index contributed by atoms with van der Waals surface area (Å²) < 4.78 is 22.2. The van der Waals surface area contributed by atoms with Crippen LogP contribution in [0.4, 0.5) is 0 Å². The van der Waals surface area contributed by atoms with Gasteiger partial charge in [0.1, 0.15) is 17.2 Å². The van der Waals surface area contributed by atoms with Crippen LogP contribution < -0.4 is 18.9 Å². The predicted octanol–water partition coefficient (Wildman–Crippen LogP) is 4.10. The monoisotopic (exact) mass is 450 g/mol. The first-order valence-electron chi connectivity index (χ1n) is 10.8. The molecule has 5 rings (SSSR count). The van der Waals surface area contributed by atoms with Gasteiger partial charge in [-0.1, -0.05) is 0 Å². The van der Waals surface area contributed by atoms with E-state index in [0.29, 0.717) is 17.1 Å². The number of hydrogen-bond donors (Lipinski definition) is 3. The summed E-state index contributed by atoms with van der Waals surface area (Å²) in [7, 11) is 4.52. The largest absolute Gasteiger partial charge is 0.508 e. The molecule has 1 aliphatic heterocycles. The van der Waals surface area contributed by atoms with E-state index in [4.69, 9.17) is 18.9 Å². The van der Waals surface area contributed by atoms with Crippen molar-refractivity contribution in [1.82, 2.24) is 0 Å². The summed E-state index contributed by atoms with van der Waals surface area (Å²) in [6, 6.07) is 10.7. The molecule has 0 fully saturated rings. The highest BCUT2D eigenvalue weighted by Gasteiger charge is 2.34. The Labute approximate surface area is 191 Å². The van der Waals surface area contributed by atoms with Gasteiger partial charge in [-0.15, -0.1) is 0 Å². The molecule has 0 bridgehead atoms. The minimum absolute atomic E-state index is 0.0867. The lowest BCUT2D eigenvalue weighted by Gasteiger charge is -2.33. The van der Waals surface area contributed by atoms with Gasteiger partial charge >= 0.3 is 0 Å². The van der Waals surface area contributed by atoms with Gasteiger partial charge in [0.25, 0.3) is 0 Å². The maximum Gasteiger partial charge on any atom is 0.200 e. The standard InChI is InChI=1S/C26H26O7/c1-30-21-10-16(27)6-14-5-4-13-7-20-18(11-17(13)24(14)21)25(28)19(12-33-20)15-8-22(31-2)26(29)23(9-15)32-3/h6-11,19,25,27-29H,4-5,12H2,1-3H3. The Balaban J connectivity index is 1.60. The maximum atomic E-state index is 11.4. The predicted molar refractivity (Wildman–Crippen MR) is 122 cm³/mol. The van der Waals surface area contributed by atoms with Gasteiger partial charge in [0.05, 0.1) is 34.0 Å². The number of rotatable bonds is 4. The normalized spacial score (nSPS) is 18.4. The second-order valence-electron chi connectivity index (χ2n) is 8.37. The fourth-order valence-electron chi connectivity index (χ4n) is 4.92. The van der Waals surface area contributed by atoms with Crippen LogP contribution in [-0.2, 0) is 12.8 Å². The van der Waals surface area contributed by atoms with Crippen molar-refractivity contribution < 1.29 is 34.3 Å². The number of ether oxygens (including phenoxy) is 4. The van der Waals surface area contributed by atoms with E-state index in [1.807, 2.05) is 12.1 Å². The first kappa shape index (κ1) is 21.3. The van der Waals surface area contributed by atoms with Gasteiger partial charge in [-0.05, 0) is 65.4 Å². The van der Waals surface area contributed by atoms with E-state index in [-0.39, 0.29) is 35.5 Å². The number of hydrogen-bond acceptors (Lipinski definition) is 7. The molecule has 7 nitrogen and oxygen atoms in total. The van der Waals surface area contributed by atoms with Crippen molar-refractivity contribution in [3.8, 4) is 45.6 Å². The van der Waals surface area contributed by atoms with Crippen LogP contribution in [0.5, 0.6) is 34.5 Å². The molecule has 1 heterocycles. The van der Waals surface area contributed by atoms with Crippen LogP contribution in [0.25, 0.3) is 11.1 Å². The van der Waals surface area contributed by atoms with Gasteiger partial charge in [-0.25, -0.2) is 0 Å². The fraction of sp³-hybridized carbons (Fsp3) is 0.308. The molecule has 3 N–H and O–H groups in total. The lowest BCUT2D eigenvalue weighted by Crippen LogP contribution is -2.25. The van der Waals surface area contributed by atoms with Gasteiger partial charge in [0.15, 0.2) is 11.5 Å². The van der Waals surface area contributed by atoms with Crippen molar-refractivity contribution in [3.63, 3.8) is 0 Å². The minimum atomic E-state index is -0.841. The van der Waals surface area contributed by atoms with Gasteiger partial charge in [-0.3, -0.25) is 0 Å². The summed E-state index contributed by atoms with van der Waals surface area (Å²) in [5, 5.41) is 31.7. The van der Waals surface area contributed by atoms with E-state index in [1.165, 1.54) is 14.2 Å². The fourth-order valence-corrected chi connectivity index (χ4v) is 4.92. The SMILES string of the molecule is COc1cc(C2COc3cc4c(cc3C2O)-c2c(cc(O)cc2OC)CC4)cc(OC)c1O. The average molecular weight is 450 g/mol. The first-order chi connectivity index (χ1) is 15.9. The zero-order valence-electron chi connectivity index (χ0n) is 18.7. The van der Waals surface area contributed by atoms with Crippen LogP contribution in [0, 0.1) is 0 Å². The molecule has 2 atom stereocenters. The molecule has 1 aliphatic carbocycles. The van der Waals surface area contributed by atoms with E-state index in [2.05, 4.69) is 0 Å². The Bertz CT molecular complexity index is 1190. The highest BCUT2D eigenvalue weighted by molar-refractivity contribution is 5.81. The quantitative estimate of drug-likeness (QED) is 0.551. The topological polar surface area (TPSA) is 97.6 Å². The van der Waals surface area contributed by atoms with Gasteiger partial charge in [-0.2, -0.15) is 0 Å². The third-order valence-corrected chi connectivity index (χ3v) is 6.61. The minimum Gasteiger partial charge on any atom is -0.508 e. The van der Waals surface area contributed by atoms with Crippen molar-refractivity contribution >= 4 is 0 Å². The second kappa shape index (κ2) is 8.08. The van der Waals surface area contributed by atoms with Gasteiger partial charge in [0, 0.05) is 23.1 Å². The molecule has 33 heavy (non-hydrogen) atoms. The average Bonchev–Trinajstić information content (AvgIpc) is 2.82. The third kappa shape index (κ3) is 3.40. The van der Waals surface area contributed by atoms with Crippen molar-refractivity contribution in [2.75, 3.05) is 27.9 Å². The van der Waals surface area contributed by atoms with E-state index in [9.17, 15) is 15.3 Å². The Morgan fingerprint density at radius 2 is 1.48 bits per heavy atom. The summed E-state index contributed by atoms with van der Waals surface area (Å²) >= 11 is 0. The Morgan fingerprint density at radius 3 is 2.15 bits per heavy atom. The number of methoxy groups -OCH3 is 3. The van der Waals surface area contributed by atoms with Crippen LogP contribution in [-0.4, -0.2) is 43.3 Å². The summed E-state index contributed by atoms with van der Waals surface area (Å²) in [6.07, 6.45) is 0.744. The Morgan fingerprint density at radius 1 is 0.818 bits per heavy atom. The summed E-state index contributed by atoms with van der Waals surface area (Å²) in [5.74, 6) is 1.50. The molecule has 3 aromatic rings. The van der Waals surface area contributed by atoms with Crippen molar-refractivity contribution in [1.29, 1.82) is 0 Å². The molecule has 0 saturated heterocycles. The summed E-state index contributed by atoms with van der Waals surface area (Å²) in [5.41, 5.74) is 5.44. The lowest BCUT2D eigenvalue weighted by molar-refractivity contribution is 0.0887. The first-order valence-corrected chi connectivity index (χ1v) is 10.8. The molecule has 2 aliphatic rings. The summed E-state index contributed by atoms with van der Waals surface area (Å²) in [6.45, 7) is 0.276. The second-order valence-corrected chi connectivity index (χ2v) is 8.37. The van der Waals surface area contributed by atoms with Crippen molar-refractivity contribution in [2.45, 2.75) is 24.9 Å². The molecule has 0 spiro atoms. The van der Waals surface area contributed by atoms with Crippen LogP contribution >= 0.6 is 0 Å². The number of aryl methyl sites for hydroxylation is 2. The Hall–Kier alpha value is -3.58. The molecule has 2 unspecified atom stereocenters. The number of aromatic hydroxyl groups is 2. The zero-order valence-corrected chi connectivity index (χ0v) is 18.7. The smallest absolute Gasteiger partial charge is 0.200 e. The van der Waals surface area contributed by atoms with Crippen LogP contribution in [0.15, 0.2) is 36.4 Å². The number of aliphatic hydroxyl groups is 1. The zero-order chi connectivity index (χ0) is 23.3. The Kier molecular flexibility index (Phi) is 5.21. The van der Waals surface area contributed by atoms with Crippen LogP contribution in [0.1, 0.15) is 34.3 Å². The highest BCUT2D eigenvalue weighted by atomic mass is 16.5. The number of aliphatic hydroxyl groups excluding tert-OH is 1. The lowest BCUT2D eigenvalue weighted by atomic mass is 9.80. The van der Waals surface area contributed by atoms with E-state index in [0.717, 1.165) is 40.7 Å². The summed E-state index contributed by atoms with van der Waals surface area (Å²) in [4.78, 5) is 0. The highest BCUT2D eigenvalue weighted by Crippen LogP contribution is 2.49. The number of fused-ring (bicyclic) bond motifs is 4. The number of phenolic OH excluding ortho intramolecular Hbond substituents is 2. The van der Waals surface area contributed by atoms with Crippen molar-refractivity contribution in [2.24, 2.45) is 0 Å². The van der Waals surface area contributed by atoms with Gasteiger partial charge < -0.3 is 34.3 Å². The molecule has 172 valence electrons. The molecule has 0 radical (unpaired) electrons. The molecule has 0 saturated carbocycles. The van der Waals surface area contributed by atoms with Crippen LogP contribution in [0.3, 0.4) is 0 Å². The van der Waals surface area contributed by atoms with E-state index >= 15 is 0 Å². The van der Waals surface area contributed by atoms with E-state index < -0.39 is 6.10 Å². The van der Waals surface area contributed by atoms with E-state index in [1.54, 1.807) is 31.4 Å². The van der Waals surface area contributed by atoms with Crippen LogP contribution in [0.2, 0.25) is 0 Å². The molecule has 3 aromatic carbocycles. The molecule has 7 heteroatoms. The maximum absolute atomic E-state index is 11.4. The molecule has 0 aromatic heterocycles. The van der Waals surface area contributed by atoms with Gasteiger partial charge in [0.2, 0.25) is 5.75 Å². The van der Waals surface area contributed by atoms with Crippen molar-refractivity contribution in [3.05, 3.63) is 58.7 Å². The number of phenols is 2. The number of benzene rings is 3. The molecular weight excluding hydrogens is 424 g/mol. The third-order valence-electron chi connectivity index (χ3n) is 6.61.